The quantitative estimate of drug-likeness (QED) is 0.193. The smallest absolute Gasteiger partial charge is 0.318 e. The van der Waals surface area contributed by atoms with E-state index in [1.165, 1.54) is 7.11 Å². The van der Waals surface area contributed by atoms with E-state index in [0.29, 0.717) is 57.8 Å². The Morgan fingerprint density at radius 1 is 0.636 bits per heavy atom. The van der Waals surface area contributed by atoms with Crippen molar-refractivity contribution in [1.82, 2.24) is 0 Å². The largest absolute Gasteiger partial charge is 0.496 e. The molecule has 0 aromatic heterocycles. The van der Waals surface area contributed by atoms with E-state index < -0.39 is 22.2 Å². The third kappa shape index (κ3) is 10.0. The molecule has 0 radical (unpaired) electrons. The van der Waals surface area contributed by atoms with Crippen LogP contribution in [0.5, 0.6) is 0 Å². The molecule has 0 N–H and O–H groups in total. The van der Waals surface area contributed by atoms with Crippen LogP contribution in [0.15, 0.2) is 24.7 Å². The van der Waals surface area contributed by atoms with Crippen molar-refractivity contribution in [2.75, 3.05) is 73.7 Å². The Bertz CT molecular complexity index is 597. The van der Waals surface area contributed by atoms with Crippen molar-refractivity contribution in [3.8, 4) is 0 Å². The topological polar surface area (TPSA) is 81.7 Å². The van der Waals surface area contributed by atoms with Gasteiger partial charge in [-0.2, -0.15) is 0 Å². The predicted molar refractivity (Wildman–Crippen MR) is 128 cm³/mol. The van der Waals surface area contributed by atoms with Gasteiger partial charge in [0, 0.05) is 26.9 Å². The number of methoxy groups -OCH3 is 2. The highest BCUT2D eigenvalue weighted by Gasteiger charge is 2.40. The molecule has 194 valence electrons. The Balaban J connectivity index is 5.39. The van der Waals surface area contributed by atoms with Crippen LogP contribution in [0.4, 0.5) is 0 Å². The van der Waals surface area contributed by atoms with Crippen molar-refractivity contribution < 1.29 is 38.0 Å². The summed E-state index contributed by atoms with van der Waals surface area (Å²) >= 11 is 0. The lowest BCUT2D eigenvalue weighted by molar-refractivity contribution is -0.159. The molecule has 0 fully saturated rings. The molecule has 33 heavy (non-hydrogen) atoms. The average molecular weight is 475 g/mol. The number of carbonyl (C=O) groups is 1. The Labute approximate surface area is 200 Å². The van der Waals surface area contributed by atoms with E-state index in [1.54, 1.807) is 14.0 Å². The first-order chi connectivity index (χ1) is 15.5. The molecule has 0 heterocycles. The molecule has 8 heteroatoms. The fourth-order valence-corrected chi connectivity index (χ4v) is 2.95. The molecule has 0 aromatic rings. The maximum atomic E-state index is 12.7. The average Bonchev–Trinajstić information content (AvgIpc) is 2.81. The first-order valence-corrected chi connectivity index (χ1v) is 11.4. The summed E-state index contributed by atoms with van der Waals surface area (Å²) in [4.78, 5) is 12.7. The van der Waals surface area contributed by atoms with Gasteiger partial charge in [0.15, 0.2) is 0 Å². The Morgan fingerprint density at radius 3 is 1.30 bits per heavy atom. The second kappa shape index (κ2) is 15.3. The number of ether oxygens (including phenoxy) is 7. The second-order valence-electron chi connectivity index (χ2n) is 8.94. The number of hydrogen-bond acceptors (Lipinski definition) is 8. The van der Waals surface area contributed by atoms with Crippen molar-refractivity contribution in [3.05, 3.63) is 24.7 Å². The zero-order valence-corrected chi connectivity index (χ0v) is 22.0. The van der Waals surface area contributed by atoms with Crippen LogP contribution in [0.3, 0.4) is 0 Å². The number of rotatable bonds is 20. The van der Waals surface area contributed by atoms with Crippen molar-refractivity contribution in [3.63, 3.8) is 0 Å². The lowest BCUT2D eigenvalue weighted by Gasteiger charge is -2.35. The molecular weight excluding hydrogens is 428 g/mol. The van der Waals surface area contributed by atoms with E-state index in [-0.39, 0.29) is 13.2 Å². The van der Waals surface area contributed by atoms with Crippen LogP contribution in [0.2, 0.25) is 0 Å². The van der Waals surface area contributed by atoms with Crippen molar-refractivity contribution in [2.24, 2.45) is 16.2 Å². The molecule has 0 bridgehead atoms. The summed E-state index contributed by atoms with van der Waals surface area (Å²) in [6.45, 7) is 22.7. The molecule has 0 aliphatic carbocycles. The summed E-state index contributed by atoms with van der Waals surface area (Å²) in [5.41, 5.74) is -2.24. The second-order valence-corrected chi connectivity index (χ2v) is 8.94. The van der Waals surface area contributed by atoms with Crippen LogP contribution < -0.4 is 0 Å². The first kappa shape index (κ1) is 31.4. The molecule has 2 atom stereocenters. The molecule has 0 aliphatic rings. The van der Waals surface area contributed by atoms with Gasteiger partial charge in [0.05, 0.1) is 55.9 Å². The highest BCUT2D eigenvalue weighted by Crippen LogP contribution is 2.33. The Hall–Kier alpha value is -1.61. The van der Waals surface area contributed by atoms with Gasteiger partial charge in [-0.1, -0.05) is 13.2 Å². The number of hydrogen-bond donors (Lipinski definition) is 0. The van der Waals surface area contributed by atoms with Gasteiger partial charge in [-0.25, -0.2) is 0 Å². The lowest BCUT2D eigenvalue weighted by Crippen LogP contribution is -2.41. The van der Waals surface area contributed by atoms with Crippen LogP contribution in [0, 0.1) is 16.2 Å². The molecular formula is C25H46O8. The van der Waals surface area contributed by atoms with Crippen molar-refractivity contribution in [2.45, 2.75) is 41.5 Å². The molecule has 0 aromatic carbocycles. The zero-order valence-electron chi connectivity index (χ0n) is 22.0. The fraction of sp³-hybridized carbons (Fsp3) is 0.800. The maximum absolute atomic E-state index is 12.7. The van der Waals surface area contributed by atoms with Crippen LogP contribution in [-0.2, 0) is 38.0 Å². The minimum atomic E-state index is -1.10. The normalized spacial score (nSPS) is 15.3. The first-order valence-electron chi connectivity index (χ1n) is 11.4. The van der Waals surface area contributed by atoms with Gasteiger partial charge < -0.3 is 33.2 Å². The van der Waals surface area contributed by atoms with Crippen molar-refractivity contribution in [1.29, 1.82) is 0 Å². The van der Waals surface area contributed by atoms with Crippen LogP contribution in [-0.4, -0.2) is 79.7 Å². The highest BCUT2D eigenvalue weighted by atomic mass is 16.5. The fourth-order valence-electron chi connectivity index (χ4n) is 2.95. The summed E-state index contributed by atoms with van der Waals surface area (Å²) in [5.74, 6) is 0.473. The number of esters is 1. The Kier molecular flexibility index (Phi) is 14.6. The van der Waals surface area contributed by atoms with Crippen LogP contribution >= 0.6 is 0 Å². The van der Waals surface area contributed by atoms with E-state index in [4.69, 9.17) is 33.2 Å². The molecule has 0 amide bonds. The summed E-state index contributed by atoms with van der Waals surface area (Å²) in [7, 11) is 2.94. The molecule has 0 saturated carbocycles. The van der Waals surface area contributed by atoms with Crippen LogP contribution in [0.1, 0.15) is 41.5 Å². The summed E-state index contributed by atoms with van der Waals surface area (Å²) < 4.78 is 39.2. The Morgan fingerprint density at radius 2 is 1.00 bits per heavy atom. The van der Waals surface area contributed by atoms with Gasteiger partial charge in [0.2, 0.25) is 0 Å². The third-order valence-corrected chi connectivity index (χ3v) is 5.49. The van der Waals surface area contributed by atoms with E-state index >= 15 is 0 Å². The highest BCUT2D eigenvalue weighted by molar-refractivity contribution is 5.76. The van der Waals surface area contributed by atoms with Gasteiger partial charge in [-0.3, -0.25) is 4.79 Å². The minimum absolute atomic E-state index is 0.00481. The van der Waals surface area contributed by atoms with Gasteiger partial charge in [-0.05, 0) is 41.5 Å². The third-order valence-electron chi connectivity index (χ3n) is 5.49. The standard InChI is InChI=1S/C25H46O8/c1-11-29-15-23(6,14-27-9)20(4)32-18-25(8,22(26)28-10)19-33-21(5)24(7,16-30-12-2)17-31-13-3/h4-5,11-19H2,1-3,6-10H3. The summed E-state index contributed by atoms with van der Waals surface area (Å²) in [6, 6.07) is 0. The van der Waals surface area contributed by atoms with E-state index in [1.807, 2.05) is 34.6 Å². The van der Waals surface area contributed by atoms with Gasteiger partial charge in [-0.15, -0.1) is 0 Å². The van der Waals surface area contributed by atoms with E-state index in [0.717, 1.165) is 0 Å². The molecule has 0 saturated heterocycles. The predicted octanol–water partition coefficient (Wildman–Crippen LogP) is 3.99. The van der Waals surface area contributed by atoms with Gasteiger partial charge >= 0.3 is 5.97 Å². The summed E-state index contributed by atoms with van der Waals surface area (Å²) in [5, 5.41) is 0. The lowest BCUT2D eigenvalue weighted by atomic mass is 9.88. The number of carbonyl (C=O) groups excluding carboxylic acids is 1. The van der Waals surface area contributed by atoms with E-state index in [9.17, 15) is 4.79 Å². The van der Waals surface area contributed by atoms with Crippen LogP contribution in [0.25, 0.3) is 0 Å². The SMILES string of the molecule is C=C(OCC(C)(COC(=C)C(C)(COCC)COCC)C(=O)OC)C(C)(COC)COCC. The molecule has 8 nitrogen and oxygen atoms in total. The summed E-state index contributed by atoms with van der Waals surface area (Å²) in [6.07, 6.45) is 0. The molecule has 0 aliphatic heterocycles. The van der Waals surface area contributed by atoms with Gasteiger partial charge in [0.25, 0.3) is 0 Å². The maximum Gasteiger partial charge on any atom is 0.318 e. The molecule has 0 rings (SSSR count). The van der Waals surface area contributed by atoms with Gasteiger partial charge in [0.1, 0.15) is 18.6 Å². The monoisotopic (exact) mass is 474 g/mol. The van der Waals surface area contributed by atoms with Crippen molar-refractivity contribution >= 4 is 5.97 Å². The zero-order chi connectivity index (χ0) is 25.5. The molecule has 2 unspecified atom stereocenters. The molecule has 0 spiro atoms. The van der Waals surface area contributed by atoms with E-state index in [2.05, 4.69) is 13.2 Å². The minimum Gasteiger partial charge on any atom is -0.496 e.